The van der Waals surface area contributed by atoms with Crippen LogP contribution >= 0.6 is 15.9 Å². The second-order valence-corrected chi connectivity index (χ2v) is 4.97. The summed E-state index contributed by atoms with van der Waals surface area (Å²) in [5.74, 6) is 1.12. The highest BCUT2D eigenvalue weighted by Crippen LogP contribution is 2.26. The van der Waals surface area contributed by atoms with Crippen molar-refractivity contribution in [2.75, 3.05) is 12.8 Å². The number of ether oxygens (including phenoxy) is 1. The summed E-state index contributed by atoms with van der Waals surface area (Å²) in [5.41, 5.74) is 8.86. The molecule has 19 heavy (non-hydrogen) atoms. The Morgan fingerprint density at radius 2 is 2.11 bits per heavy atom. The number of nitrogens with zero attached hydrogens (tertiary/aromatic N) is 2. The number of nitrogens with two attached hydrogens (primary N) is 1. The number of aromatic nitrogens is 2. The van der Waals surface area contributed by atoms with E-state index in [2.05, 4.69) is 25.9 Å². The van der Waals surface area contributed by atoms with Crippen LogP contribution in [-0.2, 0) is 17.8 Å². The summed E-state index contributed by atoms with van der Waals surface area (Å²) in [6.07, 6.45) is 0.804. The number of benzene rings is 1. The molecule has 2 N–H and O–H groups in total. The summed E-state index contributed by atoms with van der Waals surface area (Å²) >= 11 is 3.42. The Kier molecular flexibility index (Phi) is 4.50. The Labute approximate surface area is 121 Å². The third-order valence-corrected chi connectivity index (χ3v) is 3.64. The maximum Gasteiger partial charge on any atom is 0.161 e. The van der Waals surface area contributed by atoms with Crippen LogP contribution in [0.1, 0.15) is 18.2 Å². The zero-order valence-electron chi connectivity index (χ0n) is 11.0. The Morgan fingerprint density at radius 1 is 1.32 bits per heavy atom. The molecule has 0 amide bonds. The lowest BCUT2D eigenvalue weighted by Gasteiger charge is -2.08. The number of nitrogen functional groups attached to an aromatic ring is 1. The zero-order valence-corrected chi connectivity index (χ0v) is 12.6. The van der Waals surface area contributed by atoms with Crippen molar-refractivity contribution in [3.8, 4) is 11.4 Å². The predicted molar refractivity (Wildman–Crippen MR) is 79.7 cm³/mol. The van der Waals surface area contributed by atoms with Gasteiger partial charge in [0.15, 0.2) is 5.82 Å². The van der Waals surface area contributed by atoms with E-state index in [9.17, 15) is 0 Å². The molecule has 100 valence electrons. The van der Waals surface area contributed by atoms with Crippen LogP contribution in [0.2, 0.25) is 0 Å². The fourth-order valence-corrected chi connectivity index (χ4v) is 2.30. The first-order chi connectivity index (χ1) is 9.15. The average Bonchev–Trinajstić information content (AvgIpc) is 2.42. The molecular formula is C14H16BrN3O. The third-order valence-electron chi connectivity index (χ3n) is 2.78. The fraction of sp³-hybridized carbons (Fsp3) is 0.286. The van der Waals surface area contributed by atoms with Gasteiger partial charge in [0.2, 0.25) is 0 Å². The fourth-order valence-electron chi connectivity index (χ4n) is 1.84. The Hall–Kier alpha value is -1.46. The first-order valence-corrected chi connectivity index (χ1v) is 6.85. The van der Waals surface area contributed by atoms with Gasteiger partial charge in [-0.05, 0) is 34.0 Å². The van der Waals surface area contributed by atoms with Crippen LogP contribution < -0.4 is 5.73 Å². The van der Waals surface area contributed by atoms with E-state index >= 15 is 0 Å². The highest BCUT2D eigenvalue weighted by Gasteiger charge is 2.10. The maximum absolute atomic E-state index is 5.91. The second kappa shape index (κ2) is 6.12. The van der Waals surface area contributed by atoms with Gasteiger partial charge in [0, 0.05) is 12.7 Å². The molecule has 2 rings (SSSR count). The standard InChI is InChI=1S/C14H16BrN3O/c1-3-11-12(15)13(16)18-14(17-11)10-6-4-5-9(7-10)8-19-2/h4-7H,3,8H2,1-2H3,(H2,16,17,18). The normalized spacial score (nSPS) is 10.7. The van der Waals surface area contributed by atoms with Crippen LogP contribution in [0.5, 0.6) is 0 Å². The second-order valence-electron chi connectivity index (χ2n) is 4.18. The summed E-state index contributed by atoms with van der Waals surface area (Å²) in [6, 6.07) is 7.97. The smallest absolute Gasteiger partial charge is 0.161 e. The molecule has 0 saturated heterocycles. The number of hydrogen-bond donors (Lipinski definition) is 1. The molecule has 0 saturated carbocycles. The lowest BCUT2D eigenvalue weighted by atomic mass is 10.1. The number of rotatable bonds is 4. The summed E-state index contributed by atoms with van der Waals surface area (Å²) in [4.78, 5) is 8.88. The molecule has 0 bridgehead atoms. The lowest BCUT2D eigenvalue weighted by molar-refractivity contribution is 0.185. The average molecular weight is 322 g/mol. The van der Waals surface area contributed by atoms with E-state index in [1.54, 1.807) is 7.11 Å². The molecule has 1 aromatic carbocycles. The SMILES string of the molecule is CCc1nc(-c2cccc(COC)c2)nc(N)c1Br. The molecule has 1 aromatic heterocycles. The zero-order chi connectivity index (χ0) is 13.8. The largest absolute Gasteiger partial charge is 0.383 e. The van der Waals surface area contributed by atoms with Crippen LogP contribution in [0.25, 0.3) is 11.4 Å². The van der Waals surface area contributed by atoms with Crippen molar-refractivity contribution in [1.29, 1.82) is 0 Å². The van der Waals surface area contributed by atoms with E-state index in [0.717, 1.165) is 27.7 Å². The Balaban J connectivity index is 2.46. The van der Waals surface area contributed by atoms with Crippen molar-refractivity contribution >= 4 is 21.7 Å². The first-order valence-electron chi connectivity index (χ1n) is 6.05. The molecule has 0 radical (unpaired) electrons. The summed E-state index contributed by atoms with van der Waals surface area (Å²) in [7, 11) is 1.68. The van der Waals surface area contributed by atoms with Crippen molar-refractivity contribution in [3.63, 3.8) is 0 Å². The summed E-state index contributed by atoms with van der Waals surface area (Å²) < 4.78 is 5.92. The third kappa shape index (κ3) is 3.11. The molecule has 0 fully saturated rings. The van der Waals surface area contributed by atoms with Gasteiger partial charge in [-0.3, -0.25) is 0 Å². The topological polar surface area (TPSA) is 61.0 Å². The van der Waals surface area contributed by atoms with Gasteiger partial charge < -0.3 is 10.5 Å². The molecule has 0 spiro atoms. The molecule has 0 aliphatic carbocycles. The van der Waals surface area contributed by atoms with Crippen LogP contribution in [0.15, 0.2) is 28.7 Å². The van der Waals surface area contributed by atoms with Gasteiger partial charge >= 0.3 is 0 Å². The molecule has 2 aromatic rings. The number of anilines is 1. The van der Waals surface area contributed by atoms with Gasteiger partial charge in [0.25, 0.3) is 0 Å². The monoisotopic (exact) mass is 321 g/mol. The quantitative estimate of drug-likeness (QED) is 0.939. The minimum absolute atomic E-state index is 0.471. The van der Waals surface area contributed by atoms with Crippen molar-refractivity contribution in [3.05, 3.63) is 40.0 Å². The van der Waals surface area contributed by atoms with Crippen molar-refractivity contribution < 1.29 is 4.74 Å². The number of hydrogen-bond acceptors (Lipinski definition) is 4. The minimum Gasteiger partial charge on any atom is -0.383 e. The molecule has 0 aliphatic heterocycles. The van der Waals surface area contributed by atoms with Crippen molar-refractivity contribution in [2.45, 2.75) is 20.0 Å². The molecule has 0 aliphatic rings. The van der Waals surface area contributed by atoms with Crippen molar-refractivity contribution in [1.82, 2.24) is 9.97 Å². The van der Waals surface area contributed by atoms with E-state index < -0.39 is 0 Å². The number of halogens is 1. The predicted octanol–water partition coefficient (Wildman–Crippen LogP) is 3.20. The van der Waals surface area contributed by atoms with Crippen LogP contribution in [0.3, 0.4) is 0 Å². The number of aryl methyl sites for hydroxylation is 1. The van der Waals surface area contributed by atoms with E-state index in [0.29, 0.717) is 18.2 Å². The van der Waals surface area contributed by atoms with E-state index in [1.165, 1.54) is 0 Å². The summed E-state index contributed by atoms with van der Waals surface area (Å²) in [5, 5.41) is 0. The molecule has 5 heteroatoms. The van der Waals surface area contributed by atoms with E-state index in [1.807, 2.05) is 31.2 Å². The Morgan fingerprint density at radius 3 is 2.79 bits per heavy atom. The van der Waals surface area contributed by atoms with E-state index in [4.69, 9.17) is 10.5 Å². The highest BCUT2D eigenvalue weighted by molar-refractivity contribution is 9.10. The molecule has 0 unspecified atom stereocenters. The number of methoxy groups -OCH3 is 1. The van der Waals surface area contributed by atoms with Crippen LogP contribution in [0.4, 0.5) is 5.82 Å². The van der Waals surface area contributed by atoms with Gasteiger partial charge in [-0.1, -0.05) is 25.1 Å². The van der Waals surface area contributed by atoms with Gasteiger partial charge in [-0.25, -0.2) is 9.97 Å². The highest BCUT2D eigenvalue weighted by atomic mass is 79.9. The van der Waals surface area contributed by atoms with Crippen LogP contribution in [0, 0.1) is 0 Å². The van der Waals surface area contributed by atoms with Crippen LogP contribution in [-0.4, -0.2) is 17.1 Å². The van der Waals surface area contributed by atoms with Gasteiger partial charge in [-0.2, -0.15) is 0 Å². The van der Waals surface area contributed by atoms with Gasteiger partial charge in [0.05, 0.1) is 16.8 Å². The lowest BCUT2D eigenvalue weighted by Crippen LogP contribution is -2.02. The van der Waals surface area contributed by atoms with Gasteiger partial charge in [-0.15, -0.1) is 0 Å². The minimum atomic E-state index is 0.471. The molecular weight excluding hydrogens is 306 g/mol. The van der Waals surface area contributed by atoms with Gasteiger partial charge in [0.1, 0.15) is 5.82 Å². The first kappa shape index (κ1) is 14.0. The maximum atomic E-state index is 5.91. The molecule has 0 atom stereocenters. The van der Waals surface area contributed by atoms with Crippen molar-refractivity contribution in [2.24, 2.45) is 0 Å². The summed E-state index contributed by atoms with van der Waals surface area (Å²) in [6.45, 7) is 2.61. The molecule has 1 heterocycles. The molecule has 4 nitrogen and oxygen atoms in total. The van der Waals surface area contributed by atoms with E-state index in [-0.39, 0.29) is 0 Å². The Bertz CT molecular complexity index is 587.